The molecule has 1 aliphatic heterocycles. The van der Waals surface area contributed by atoms with Crippen LogP contribution in [-0.2, 0) is 17.8 Å². The van der Waals surface area contributed by atoms with Gasteiger partial charge in [0.2, 0.25) is 0 Å². The number of amides is 1. The summed E-state index contributed by atoms with van der Waals surface area (Å²) >= 11 is 0. The molecule has 2 heterocycles. The summed E-state index contributed by atoms with van der Waals surface area (Å²) in [7, 11) is 0. The van der Waals surface area contributed by atoms with E-state index in [-0.39, 0.29) is 18.3 Å². The highest BCUT2D eigenvalue weighted by Gasteiger charge is 2.27. The van der Waals surface area contributed by atoms with Gasteiger partial charge >= 0.3 is 0 Å². The number of benzene rings is 2. The molecular formula is C22H21FN2O3. The standard InChI is InChI=1S/C22H21FN2O3/c1-14-3-8-20(15(2)11-14)27-13-21(26)25-10-9-19-18(12-25)22(28-24-19)16-4-6-17(23)7-5-16/h3-8,11H,9-10,12-13H2,1-2H3. The summed E-state index contributed by atoms with van der Waals surface area (Å²) in [6.07, 6.45) is 0.620. The Morgan fingerprint density at radius 3 is 2.75 bits per heavy atom. The van der Waals surface area contributed by atoms with E-state index in [1.807, 2.05) is 32.0 Å². The van der Waals surface area contributed by atoms with Gasteiger partial charge in [0.05, 0.1) is 12.2 Å². The lowest BCUT2D eigenvalue weighted by Crippen LogP contribution is -2.38. The third kappa shape index (κ3) is 3.63. The molecule has 1 aliphatic rings. The zero-order valence-corrected chi connectivity index (χ0v) is 15.9. The van der Waals surface area contributed by atoms with Crippen molar-refractivity contribution in [2.75, 3.05) is 13.2 Å². The first kappa shape index (κ1) is 18.2. The SMILES string of the molecule is Cc1ccc(OCC(=O)N2CCc3noc(-c4ccc(F)cc4)c3C2)c(C)c1. The van der Waals surface area contributed by atoms with Crippen LogP contribution in [0.15, 0.2) is 47.0 Å². The lowest BCUT2D eigenvalue weighted by atomic mass is 10.0. The number of halogens is 1. The van der Waals surface area contributed by atoms with Crippen LogP contribution in [-0.4, -0.2) is 29.1 Å². The van der Waals surface area contributed by atoms with Crippen molar-refractivity contribution in [3.05, 3.63) is 70.7 Å². The van der Waals surface area contributed by atoms with Gasteiger partial charge < -0.3 is 14.2 Å². The predicted octanol–water partition coefficient (Wildman–Crippen LogP) is 4.06. The minimum atomic E-state index is -0.308. The number of carbonyl (C=O) groups excluding carboxylic acids is 1. The fourth-order valence-corrected chi connectivity index (χ4v) is 3.45. The van der Waals surface area contributed by atoms with E-state index >= 15 is 0 Å². The van der Waals surface area contributed by atoms with E-state index in [1.165, 1.54) is 12.1 Å². The van der Waals surface area contributed by atoms with Crippen LogP contribution in [0, 0.1) is 19.7 Å². The summed E-state index contributed by atoms with van der Waals surface area (Å²) in [5.41, 5.74) is 4.62. The van der Waals surface area contributed by atoms with Gasteiger partial charge in [-0.1, -0.05) is 22.9 Å². The quantitative estimate of drug-likeness (QED) is 0.685. The van der Waals surface area contributed by atoms with Crippen LogP contribution in [0.4, 0.5) is 4.39 Å². The number of hydrogen-bond acceptors (Lipinski definition) is 4. The van der Waals surface area contributed by atoms with Crippen LogP contribution in [0.1, 0.15) is 22.4 Å². The molecule has 0 radical (unpaired) electrons. The van der Waals surface area contributed by atoms with Crippen molar-refractivity contribution in [3.63, 3.8) is 0 Å². The molecule has 1 aromatic heterocycles. The van der Waals surface area contributed by atoms with Crippen molar-refractivity contribution in [2.45, 2.75) is 26.8 Å². The summed E-state index contributed by atoms with van der Waals surface area (Å²) in [6, 6.07) is 12.0. The first-order valence-electron chi connectivity index (χ1n) is 9.22. The van der Waals surface area contributed by atoms with E-state index in [1.54, 1.807) is 17.0 Å². The minimum absolute atomic E-state index is 0.0175. The third-order valence-corrected chi connectivity index (χ3v) is 4.98. The van der Waals surface area contributed by atoms with Gasteiger partial charge in [-0.15, -0.1) is 0 Å². The maximum absolute atomic E-state index is 13.2. The summed E-state index contributed by atoms with van der Waals surface area (Å²) in [4.78, 5) is 14.4. The Morgan fingerprint density at radius 2 is 2.00 bits per heavy atom. The van der Waals surface area contributed by atoms with Gasteiger partial charge in [0.1, 0.15) is 11.6 Å². The maximum Gasteiger partial charge on any atom is 0.260 e. The molecule has 2 aromatic carbocycles. The summed E-state index contributed by atoms with van der Waals surface area (Å²) in [5, 5.41) is 4.12. The van der Waals surface area contributed by atoms with Crippen molar-refractivity contribution < 1.29 is 18.4 Å². The number of hydrogen-bond donors (Lipinski definition) is 0. The lowest BCUT2D eigenvalue weighted by Gasteiger charge is -2.26. The molecule has 0 aliphatic carbocycles. The summed E-state index contributed by atoms with van der Waals surface area (Å²) in [5.74, 6) is 0.908. The molecule has 0 saturated heterocycles. The van der Waals surface area contributed by atoms with Crippen molar-refractivity contribution in [2.24, 2.45) is 0 Å². The van der Waals surface area contributed by atoms with Crippen molar-refractivity contribution in [3.8, 4) is 17.1 Å². The molecule has 0 unspecified atom stereocenters. The van der Waals surface area contributed by atoms with Gasteiger partial charge in [-0.3, -0.25) is 4.79 Å². The van der Waals surface area contributed by atoms with Crippen LogP contribution in [0.3, 0.4) is 0 Å². The van der Waals surface area contributed by atoms with Gasteiger partial charge in [0, 0.05) is 24.1 Å². The Balaban J connectivity index is 1.46. The van der Waals surface area contributed by atoms with Crippen LogP contribution >= 0.6 is 0 Å². The smallest absolute Gasteiger partial charge is 0.260 e. The van der Waals surface area contributed by atoms with Crippen molar-refractivity contribution >= 4 is 5.91 Å². The molecular weight excluding hydrogens is 359 g/mol. The molecule has 6 heteroatoms. The van der Waals surface area contributed by atoms with Crippen LogP contribution in [0.2, 0.25) is 0 Å². The normalized spacial score (nSPS) is 13.3. The Hall–Kier alpha value is -3.15. The van der Waals surface area contributed by atoms with E-state index in [2.05, 4.69) is 5.16 Å². The van der Waals surface area contributed by atoms with Crippen LogP contribution in [0.5, 0.6) is 5.75 Å². The predicted molar refractivity (Wildman–Crippen MR) is 102 cm³/mol. The molecule has 0 bridgehead atoms. The molecule has 5 nitrogen and oxygen atoms in total. The molecule has 0 saturated carbocycles. The van der Waals surface area contributed by atoms with Gasteiger partial charge in [-0.05, 0) is 49.7 Å². The fourth-order valence-electron chi connectivity index (χ4n) is 3.45. The molecule has 28 heavy (non-hydrogen) atoms. The molecule has 0 fully saturated rings. The highest BCUT2D eigenvalue weighted by molar-refractivity contribution is 5.78. The molecule has 1 amide bonds. The Kier molecular flexibility index (Phi) is 4.86. The molecule has 4 rings (SSSR count). The Bertz CT molecular complexity index is 1010. The van der Waals surface area contributed by atoms with E-state index in [4.69, 9.17) is 9.26 Å². The molecule has 0 atom stereocenters. The van der Waals surface area contributed by atoms with Gasteiger partial charge in [-0.25, -0.2) is 4.39 Å². The van der Waals surface area contributed by atoms with E-state index in [0.29, 0.717) is 31.0 Å². The number of carbonyl (C=O) groups is 1. The highest BCUT2D eigenvalue weighted by Crippen LogP contribution is 2.30. The topological polar surface area (TPSA) is 55.6 Å². The van der Waals surface area contributed by atoms with Crippen LogP contribution < -0.4 is 4.74 Å². The maximum atomic E-state index is 13.2. The van der Waals surface area contributed by atoms with Crippen molar-refractivity contribution in [1.82, 2.24) is 10.1 Å². The number of ether oxygens (including phenoxy) is 1. The zero-order chi connectivity index (χ0) is 19.7. The van der Waals surface area contributed by atoms with E-state index in [0.717, 1.165) is 27.9 Å². The summed E-state index contributed by atoms with van der Waals surface area (Å²) < 4.78 is 24.4. The summed E-state index contributed by atoms with van der Waals surface area (Å²) in [6.45, 7) is 4.94. The molecule has 0 N–H and O–H groups in total. The molecule has 0 spiro atoms. The first-order chi connectivity index (χ1) is 13.5. The second-order valence-electron chi connectivity index (χ2n) is 7.07. The van der Waals surface area contributed by atoms with Crippen LogP contribution in [0.25, 0.3) is 11.3 Å². The number of fused-ring (bicyclic) bond motifs is 1. The Labute approximate surface area is 162 Å². The average Bonchev–Trinajstić information content (AvgIpc) is 3.11. The minimum Gasteiger partial charge on any atom is -0.484 e. The van der Waals surface area contributed by atoms with Gasteiger partial charge in [0.25, 0.3) is 5.91 Å². The van der Waals surface area contributed by atoms with Gasteiger partial charge in [-0.2, -0.15) is 0 Å². The number of rotatable bonds is 4. The number of nitrogens with zero attached hydrogens (tertiary/aromatic N) is 2. The second-order valence-corrected chi connectivity index (χ2v) is 7.07. The molecule has 144 valence electrons. The number of aryl methyl sites for hydroxylation is 2. The second kappa shape index (κ2) is 7.46. The lowest BCUT2D eigenvalue weighted by molar-refractivity contribution is -0.134. The van der Waals surface area contributed by atoms with Gasteiger partial charge in [0.15, 0.2) is 12.4 Å². The monoisotopic (exact) mass is 380 g/mol. The highest BCUT2D eigenvalue weighted by atomic mass is 19.1. The van der Waals surface area contributed by atoms with E-state index in [9.17, 15) is 9.18 Å². The van der Waals surface area contributed by atoms with E-state index < -0.39 is 0 Å². The first-order valence-corrected chi connectivity index (χ1v) is 9.22. The fraction of sp³-hybridized carbons (Fsp3) is 0.273. The number of aromatic nitrogens is 1. The average molecular weight is 380 g/mol. The third-order valence-electron chi connectivity index (χ3n) is 4.98. The zero-order valence-electron chi connectivity index (χ0n) is 15.9. The Morgan fingerprint density at radius 1 is 1.21 bits per heavy atom. The molecule has 3 aromatic rings. The van der Waals surface area contributed by atoms with Crippen molar-refractivity contribution in [1.29, 1.82) is 0 Å². The largest absolute Gasteiger partial charge is 0.484 e.